The van der Waals surface area contributed by atoms with Crippen LogP contribution in [0.15, 0.2) is 0 Å². The minimum absolute atomic E-state index is 0.0700. The number of hydrogen-bond donors (Lipinski definition) is 0. The molecular weight excluding hydrogens is 236 g/mol. The molecule has 0 heterocycles. The summed E-state index contributed by atoms with van der Waals surface area (Å²) >= 11 is 0. The lowest BCUT2D eigenvalue weighted by molar-refractivity contribution is 0.120. The summed E-state index contributed by atoms with van der Waals surface area (Å²) in [6.07, 6.45) is 3.47. The van der Waals surface area contributed by atoms with Gasteiger partial charge in [0, 0.05) is 23.9 Å². The number of unbranched alkanes of at least 4 members (excludes halogenated alkanes) is 2. The van der Waals surface area contributed by atoms with E-state index < -0.39 is 9.05 Å². The van der Waals surface area contributed by atoms with Gasteiger partial charge < -0.3 is 4.74 Å². The highest BCUT2D eigenvalue weighted by Crippen LogP contribution is 2.04. The van der Waals surface area contributed by atoms with Crippen LogP contribution in [0.1, 0.15) is 39.5 Å². The number of halogens is 1. The van der Waals surface area contributed by atoms with E-state index in [9.17, 15) is 8.42 Å². The van der Waals surface area contributed by atoms with E-state index in [1.165, 1.54) is 0 Å². The van der Waals surface area contributed by atoms with Crippen LogP contribution in [-0.4, -0.2) is 27.4 Å². The van der Waals surface area contributed by atoms with Crippen molar-refractivity contribution in [3.8, 4) is 0 Å². The standard InChI is InChI=1S/C10H21ClO3S/c1-10(2)6-8-14-7-4-3-5-9-15(11,12)13/h10H,3-9H2,1-2H3. The van der Waals surface area contributed by atoms with Crippen molar-refractivity contribution in [3.63, 3.8) is 0 Å². The number of ether oxygens (including phenoxy) is 1. The molecule has 0 unspecified atom stereocenters. The summed E-state index contributed by atoms with van der Waals surface area (Å²) in [7, 11) is 1.77. The molecule has 0 aromatic heterocycles. The van der Waals surface area contributed by atoms with E-state index in [1.807, 2.05) is 0 Å². The molecule has 5 heteroatoms. The lowest BCUT2D eigenvalue weighted by Gasteiger charge is -2.05. The van der Waals surface area contributed by atoms with E-state index in [4.69, 9.17) is 15.4 Å². The third kappa shape index (κ3) is 14.2. The van der Waals surface area contributed by atoms with Gasteiger partial charge in [0.25, 0.3) is 0 Å². The molecule has 0 rings (SSSR count). The molecular formula is C10H21ClO3S. The Labute approximate surface area is 97.6 Å². The smallest absolute Gasteiger partial charge is 0.232 e. The van der Waals surface area contributed by atoms with Crippen molar-refractivity contribution in [1.82, 2.24) is 0 Å². The monoisotopic (exact) mass is 256 g/mol. The Hall–Kier alpha value is 0.200. The van der Waals surface area contributed by atoms with Crippen molar-refractivity contribution in [1.29, 1.82) is 0 Å². The van der Waals surface area contributed by atoms with Crippen LogP contribution in [0.4, 0.5) is 0 Å². The van der Waals surface area contributed by atoms with Crippen LogP contribution in [0.3, 0.4) is 0 Å². The maximum atomic E-state index is 10.6. The predicted octanol–water partition coefficient (Wildman–Crippen LogP) is 2.79. The molecule has 0 aliphatic heterocycles. The van der Waals surface area contributed by atoms with Gasteiger partial charge in [-0.1, -0.05) is 20.3 Å². The van der Waals surface area contributed by atoms with Gasteiger partial charge in [-0.2, -0.15) is 0 Å². The van der Waals surface area contributed by atoms with Crippen LogP contribution in [-0.2, 0) is 13.8 Å². The molecule has 15 heavy (non-hydrogen) atoms. The molecule has 3 nitrogen and oxygen atoms in total. The van der Waals surface area contributed by atoms with Crippen molar-refractivity contribution in [2.75, 3.05) is 19.0 Å². The van der Waals surface area contributed by atoms with Gasteiger partial charge in [0.1, 0.15) is 0 Å². The average Bonchev–Trinajstić information content (AvgIpc) is 2.07. The van der Waals surface area contributed by atoms with Gasteiger partial charge in [0.15, 0.2) is 0 Å². The van der Waals surface area contributed by atoms with Crippen LogP contribution < -0.4 is 0 Å². The van der Waals surface area contributed by atoms with E-state index in [-0.39, 0.29) is 5.75 Å². The molecule has 92 valence electrons. The Morgan fingerprint density at radius 1 is 1.13 bits per heavy atom. The lowest BCUT2D eigenvalue weighted by Crippen LogP contribution is -2.02. The topological polar surface area (TPSA) is 43.4 Å². The Morgan fingerprint density at radius 3 is 2.33 bits per heavy atom. The fraction of sp³-hybridized carbons (Fsp3) is 1.00. The molecule has 0 aliphatic carbocycles. The molecule has 0 bridgehead atoms. The Morgan fingerprint density at radius 2 is 1.80 bits per heavy atom. The summed E-state index contributed by atoms with van der Waals surface area (Å²) in [5, 5.41) is 0. The summed E-state index contributed by atoms with van der Waals surface area (Å²) in [6, 6.07) is 0. The minimum Gasteiger partial charge on any atom is -0.381 e. The van der Waals surface area contributed by atoms with Gasteiger partial charge in [-0.05, 0) is 25.2 Å². The second-order valence-electron chi connectivity index (χ2n) is 4.10. The minimum atomic E-state index is -3.30. The normalized spacial score (nSPS) is 12.3. The van der Waals surface area contributed by atoms with Crippen LogP contribution in [0, 0.1) is 5.92 Å². The molecule has 0 aromatic carbocycles. The summed E-state index contributed by atoms with van der Waals surface area (Å²) in [5.74, 6) is 0.743. The van der Waals surface area contributed by atoms with Gasteiger partial charge in [-0.15, -0.1) is 0 Å². The van der Waals surface area contributed by atoms with Crippen molar-refractivity contribution in [2.45, 2.75) is 39.5 Å². The molecule has 0 atom stereocenters. The highest BCUT2D eigenvalue weighted by atomic mass is 35.7. The Kier molecular flexibility index (Phi) is 8.47. The fourth-order valence-electron chi connectivity index (χ4n) is 1.08. The van der Waals surface area contributed by atoms with E-state index >= 15 is 0 Å². The number of hydrogen-bond acceptors (Lipinski definition) is 3. The predicted molar refractivity (Wildman–Crippen MR) is 63.8 cm³/mol. The second kappa shape index (κ2) is 8.36. The van der Waals surface area contributed by atoms with Gasteiger partial charge >= 0.3 is 0 Å². The molecule has 0 aromatic rings. The fourth-order valence-corrected chi connectivity index (χ4v) is 1.95. The van der Waals surface area contributed by atoms with Crippen LogP contribution in [0.2, 0.25) is 0 Å². The van der Waals surface area contributed by atoms with Crippen LogP contribution in [0.25, 0.3) is 0 Å². The van der Waals surface area contributed by atoms with Crippen LogP contribution >= 0.6 is 10.7 Å². The first-order chi connectivity index (χ1) is 6.92. The first kappa shape index (κ1) is 15.2. The molecule has 0 spiro atoms. The zero-order valence-corrected chi connectivity index (χ0v) is 11.1. The van der Waals surface area contributed by atoms with Crippen LogP contribution in [0.5, 0.6) is 0 Å². The molecule has 0 radical (unpaired) electrons. The molecule has 0 N–H and O–H groups in total. The maximum Gasteiger partial charge on any atom is 0.232 e. The summed E-state index contributed by atoms with van der Waals surface area (Å²) < 4.78 is 26.5. The van der Waals surface area contributed by atoms with E-state index in [0.717, 1.165) is 32.5 Å². The summed E-state index contributed by atoms with van der Waals surface area (Å²) in [4.78, 5) is 0. The third-order valence-electron chi connectivity index (χ3n) is 2.02. The largest absolute Gasteiger partial charge is 0.381 e. The molecule has 0 fully saturated rings. The van der Waals surface area contributed by atoms with Crippen molar-refractivity contribution < 1.29 is 13.2 Å². The van der Waals surface area contributed by atoms with Crippen molar-refractivity contribution >= 4 is 19.7 Å². The summed E-state index contributed by atoms with van der Waals surface area (Å²) in [5.41, 5.74) is 0. The molecule has 0 saturated heterocycles. The highest BCUT2D eigenvalue weighted by molar-refractivity contribution is 8.13. The molecule has 0 amide bonds. The van der Waals surface area contributed by atoms with E-state index in [0.29, 0.717) is 12.3 Å². The summed E-state index contributed by atoms with van der Waals surface area (Å²) in [6.45, 7) is 5.84. The average molecular weight is 257 g/mol. The highest BCUT2D eigenvalue weighted by Gasteiger charge is 2.03. The van der Waals surface area contributed by atoms with Gasteiger partial charge in [0.05, 0.1) is 5.75 Å². The third-order valence-corrected chi connectivity index (χ3v) is 3.26. The molecule has 0 saturated carbocycles. The van der Waals surface area contributed by atoms with Gasteiger partial charge in [-0.3, -0.25) is 0 Å². The Balaban J connectivity index is 3.12. The molecule has 0 aliphatic rings. The van der Waals surface area contributed by atoms with Gasteiger partial charge in [-0.25, -0.2) is 8.42 Å². The SMILES string of the molecule is CC(C)CCOCCCCCS(=O)(=O)Cl. The zero-order chi connectivity index (χ0) is 11.7. The van der Waals surface area contributed by atoms with Crippen molar-refractivity contribution in [2.24, 2.45) is 5.92 Å². The van der Waals surface area contributed by atoms with Crippen molar-refractivity contribution in [3.05, 3.63) is 0 Å². The second-order valence-corrected chi connectivity index (χ2v) is 7.00. The van der Waals surface area contributed by atoms with E-state index in [2.05, 4.69) is 13.8 Å². The number of rotatable bonds is 9. The first-order valence-corrected chi connectivity index (χ1v) is 7.90. The lowest BCUT2D eigenvalue weighted by atomic mass is 10.1. The Bertz CT molecular complexity index is 237. The van der Waals surface area contributed by atoms with Gasteiger partial charge in [0.2, 0.25) is 9.05 Å². The zero-order valence-electron chi connectivity index (χ0n) is 9.54. The quantitative estimate of drug-likeness (QED) is 0.471. The van der Waals surface area contributed by atoms with E-state index in [1.54, 1.807) is 0 Å². The maximum absolute atomic E-state index is 10.6. The first-order valence-electron chi connectivity index (χ1n) is 5.42.